The summed E-state index contributed by atoms with van der Waals surface area (Å²) in [4.78, 5) is 24.8. The minimum atomic E-state index is -0.495. The van der Waals surface area contributed by atoms with E-state index in [2.05, 4.69) is 10.6 Å². The maximum Gasteiger partial charge on any atom is 0.316 e. The maximum atomic E-state index is 12.0. The van der Waals surface area contributed by atoms with E-state index >= 15 is 0 Å². The van der Waals surface area contributed by atoms with Crippen molar-refractivity contribution in [3.05, 3.63) is 35.9 Å². The Bertz CT molecular complexity index is 419. The first-order valence-corrected chi connectivity index (χ1v) is 5.50. The van der Waals surface area contributed by atoms with Gasteiger partial charge in [-0.25, -0.2) is 4.79 Å². The highest BCUT2D eigenvalue weighted by atomic mass is 16.2. The van der Waals surface area contributed by atoms with Crippen LogP contribution in [-0.4, -0.2) is 36.6 Å². The number of amides is 3. The molecule has 1 aromatic rings. The van der Waals surface area contributed by atoms with Crippen LogP contribution in [-0.2, 0) is 11.2 Å². The van der Waals surface area contributed by atoms with E-state index in [1.165, 1.54) is 4.90 Å². The lowest BCUT2D eigenvalue weighted by Crippen LogP contribution is -2.44. The highest BCUT2D eigenvalue weighted by Crippen LogP contribution is 2.06. The number of likely N-dealkylation sites (N-methyl/N-ethyl adjacent to an activating group) is 1. The predicted octanol–water partition coefficient (Wildman–Crippen LogP) is 0.326. The highest BCUT2D eigenvalue weighted by Gasteiger charge is 2.27. The number of carbonyl (C=O) groups excluding carboxylic acids is 2. The molecule has 1 aliphatic rings. The normalized spacial score (nSPS) is 20.5. The van der Waals surface area contributed by atoms with Crippen LogP contribution in [0.2, 0.25) is 0 Å². The van der Waals surface area contributed by atoms with Gasteiger partial charge in [-0.15, -0.1) is 0 Å². The molecule has 0 spiro atoms. The summed E-state index contributed by atoms with van der Waals surface area (Å²) in [6.07, 6.45) is 0.511. The lowest BCUT2D eigenvalue weighted by atomic mass is 10.1. The molecule has 1 saturated heterocycles. The Balaban J connectivity index is 2.12. The first kappa shape index (κ1) is 11.4. The zero-order valence-electron chi connectivity index (χ0n) is 9.64. The van der Waals surface area contributed by atoms with Crippen LogP contribution in [0, 0.1) is 0 Å². The predicted molar refractivity (Wildman–Crippen MR) is 63.2 cm³/mol. The van der Waals surface area contributed by atoms with Gasteiger partial charge in [0.05, 0.1) is 6.67 Å². The van der Waals surface area contributed by atoms with E-state index < -0.39 is 6.04 Å². The number of hydrogen-bond acceptors (Lipinski definition) is 2. The summed E-state index contributed by atoms with van der Waals surface area (Å²) in [7, 11) is 1.67. The van der Waals surface area contributed by atoms with E-state index in [0.29, 0.717) is 6.42 Å². The highest BCUT2D eigenvalue weighted by molar-refractivity contribution is 5.89. The van der Waals surface area contributed by atoms with E-state index in [4.69, 9.17) is 0 Å². The molecule has 0 saturated carbocycles. The molecular formula is C12H15N3O2. The van der Waals surface area contributed by atoms with Crippen LogP contribution in [0.1, 0.15) is 5.56 Å². The average molecular weight is 233 g/mol. The van der Waals surface area contributed by atoms with Gasteiger partial charge in [-0.1, -0.05) is 30.3 Å². The number of carbonyl (C=O) groups is 2. The van der Waals surface area contributed by atoms with E-state index in [9.17, 15) is 9.59 Å². The Hall–Kier alpha value is -2.04. The Morgan fingerprint density at radius 3 is 2.71 bits per heavy atom. The largest absolute Gasteiger partial charge is 0.326 e. The zero-order valence-corrected chi connectivity index (χ0v) is 9.64. The molecule has 0 aliphatic carbocycles. The summed E-state index contributed by atoms with van der Waals surface area (Å²) in [5, 5.41) is 5.26. The molecule has 1 unspecified atom stereocenters. The summed E-state index contributed by atoms with van der Waals surface area (Å²) in [6, 6.07) is 8.84. The van der Waals surface area contributed by atoms with Crippen molar-refractivity contribution in [1.82, 2.24) is 15.5 Å². The number of rotatable bonds is 2. The Labute approximate surface area is 99.8 Å². The van der Waals surface area contributed by atoms with Gasteiger partial charge in [0.15, 0.2) is 0 Å². The Kier molecular flexibility index (Phi) is 3.27. The second-order valence-electron chi connectivity index (χ2n) is 4.09. The third-order valence-corrected chi connectivity index (χ3v) is 2.74. The minimum absolute atomic E-state index is 0.0767. The minimum Gasteiger partial charge on any atom is -0.326 e. The maximum absolute atomic E-state index is 12.0. The SMILES string of the molecule is CN1CNC(=O)NC(Cc2ccccc2)C1=O. The summed E-state index contributed by atoms with van der Waals surface area (Å²) < 4.78 is 0. The van der Waals surface area contributed by atoms with E-state index in [0.717, 1.165) is 5.56 Å². The Morgan fingerprint density at radius 2 is 2.00 bits per heavy atom. The molecule has 2 N–H and O–H groups in total. The van der Waals surface area contributed by atoms with Gasteiger partial charge in [0.2, 0.25) is 5.91 Å². The van der Waals surface area contributed by atoms with Crippen LogP contribution in [0.15, 0.2) is 30.3 Å². The molecule has 17 heavy (non-hydrogen) atoms. The summed E-state index contributed by atoms with van der Waals surface area (Å²) in [5.41, 5.74) is 1.03. The smallest absolute Gasteiger partial charge is 0.316 e. The molecule has 0 bridgehead atoms. The van der Waals surface area contributed by atoms with Gasteiger partial charge in [-0.05, 0) is 5.56 Å². The number of urea groups is 1. The molecule has 1 aromatic carbocycles. The average Bonchev–Trinajstić information content (AvgIpc) is 2.45. The molecular weight excluding hydrogens is 218 g/mol. The second-order valence-corrected chi connectivity index (χ2v) is 4.09. The van der Waals surface area contributed by atoms with Gasteiger partial charge < -0.3 is 15.5 Å². The van der Waals surface area contributed by atoms with Gasteiger partial charge in [-0.3, -0.25) is 4.79 Å². The number of nitrogens with zero attached hydrogens (tertiary/aromatic N) is 1. The van der Waals surface area contributed by atoms with Crippen molar-refractivity contribution in [2.45, 2.75) is 12.5 Å². The van der Waals surface area contributed by atoms with Crippen LogP contribution >= 0.6 is 0 Å². The van der Waals surface area contributed by atoms with Crippen LogP contribution in [0.25, 0.3) is 0 Å². The first-order valence-electron chi connectivity index (χ1n) is 5.50. The fourth-order valence-electron chi connectivity index (χ4n) is 1.79. The number of nitrogens with one attached hydrogen (secondary N) is 2. The van der Waals surface area contributed by atoms with Gasteiger partial charge in [0, 0.05) is 13.5 Å². The lowest BCUT2D eigenvalue weighted by molar-refractivity contribution is -0.131. The lowest BCUT2D eigenvalue weighted by Gasteiger charge is -2.18. The van der Waals surface area contributed by atoms with E-state index in [-0.39, 0.29) is 18.6 Å². The molecule has 1 atom stereocenters. The molecule has 1 heterocycles. The summed E-state index contributed by atoms with van der Waals surface area (Å²) in [5.74, 6) is -0.0767. The molecule has 0 aromatic heterocycles. The van der Waals surface area contributed by atoms with Gasteiger partial charge in [0.1, 0.15) is 6.04 Å². The first-order chi connectivity index (χ1) is 8.16. The summed E-state index contributed by atoms with van der Waals surface area (Å²) >= 11 is 0. The van der Waals surface area contributed by atoms with Crippen LogP contribution in [0.3, 0.4) is 0 Å². The fraction of sp³-hybridized carbons (Fsp3) is 0.333. The van der Waals surface area contributed by atoms with Crippen molar-refractivity contribution in [2.24, 2.45) is 0 Å². The topological polar surface area (TPSA) is 61.4 Å². The van der Waals surface area contributed by atoms with Crippen LogP contribution < -0.4 is 10.6 Å². The summed E-state index contributed by atoms with van der Waals surface area (Å²) in [6.45, 7) is 0.246. The third kappa shape index (κ3) is 2.75. The van der Waals surface area contributed by atoms with Gasteiger partial charge >= 0.3 is 6.03 Å². The van der Waals surface area contributed by atoms with Crippen LogP contribution in [0.5, 0.6) is 0 Å². The molecule has 5 heteroatoms. The standard InChI is InChI=1S/C12H15N3O2/c1-15-8-13-12(17)14-10(11(15)16)7-9-5-3-2-4-6-9/h2-6,10H,7-8H2,1H3,(H2,13,14,17). The molecule has 90 valence electrons. The van der Waals surface area contributed by atoms with Crippen molar-refractivity contribution < 1.29 is 9.59 Å². The Morgan fingerprint density at radius 1 is 1.29 bits per heavy atom. The third-order valence-electron chi connectivity index (χ3n) is 2.74. The van der Waals surface area contributed by atoms with Gasteiger partial charge in [-0.2, -0.15) is 0 Å². The monoisotopic (exact) mass is 233 g/mol. The van der Waals surface area contributed by atoms with Crippen molar-refractivity contribution in [3.8, 4) is 0 Å². The molecule has 1 aliphatic heterocycles. The fourth-order valence-corrected chi connectivity index (χ4v) is 1.79. The van der Waals surface area contributed by atoms with E-state index in [1.807, 2.05) is 30.3 Å². The quantitative estimate of drug-likeness (QED) is 0.773. The van der Waals surface area contributed by atoms with Crippen molar-refractivity contribution >= 4 is 11.9 Å². The van der Waals surface area contributed by atoms with Crippen LogP contribution in [0.4, 0.5) is 4.79 Å². The molecule has 5 nitrogen and oxygen atoms in total. The van der Waals surface area contributed by atoms with Crippen molar-refractivity contribution in [1.29, 1.82) is 0 Å². The van der Waals surface area contributed by atoms with Crippen molar-refractivity contribution in [3.63, 3.8) is 0 Å². The molecule has 3 amide bonds. The number of hydrogen-bond donors (Lipinski definition) is 2. The second kappa shape index (κ2) is 4.86. The zero-order chi connectivity index (χ0) is 12.3. The molecule has 1 fully saturated rings. The van der Waals surface area contributed by atoms with E-state index in [1.54, 1.807) is 7.05 Å². The number of benzene rings is 1. The van der Waals surface area contributed by atoms with Crippen molar-refractivity contribution in [2.75, 3.05) is 13.7 Å². The van der Waals surface area contributed by atoms with Gasteiger partial charge in [0.25, 0.3) is 0 Å². The molecule has 0 radical (unpaired) electrons. The molecule has 2 rings (SSSR count).